The fraction of sp³-hybridized carbons (Fsp3) is 0.250. The van der Waals surface area contributed by atoms with Crippen LogP contribution in [0.1, 0.15) is 13.8 Å². The van der Waals surface area contributed by atoms with E-state index >= 15 is 0 Å². The standard InChI is InChI=1S/C16H19BO4/c1-3-18-13-9-5-7-11-15(13)20-17-21-16-12-8-6-10-14(16)19-4-2/h5-12,17H,3-4H2,1-2H3. The summed E-state index contributed by atoms with van der Waals surface area (Å²) in [6.45, 7) is 5.06. The molecular formula is C16H19BO4. The predicted molar refractivity (Wildman–Crippen MR) is 83.6 cm³/mol. The molecule has 2 rings (SSSR count). The van der Waals surface area contributed by atoms with Crippen LogP contribution in [0.25, 0.3) is 0 Å². The highest BCUT2D eigenvalue weighted by Crippen LogP contribution is 2.28. The van der Waals surface area contributed by atoms with Crippen molar-refractivity contribution in [3.63, 3.8) is 0 Å². The van der Waals surface area contributed by atoms with Crippen LogP contribution in [-0.2, 0) is 0 Å². The van der Waals surface area contributed by atoms with Gasteiger partial charge in [-0.15, -0.1) is 0 Å². The van der Waals surface area contributed by atoms with Gasteiger partial charge in [0.1, 0.15) is 11.5 Å². The van der Waals surface area contributed by atoms with E-state index in [0.29, 0.717) is 36.2 Å². The monoisotopic (exact) mass is 286 g/mol. The summed E-state index contributed by atoms with van der Waals surface area (Å²) in [4.78, 5) is 0. The van der Waals surface area contributed by atoms with Crippen LogP contribution in [0.15, 0.2) is 48.5 Å². The van der Waals surface area contributed by atoms with Crippen LogP contribution in [0, 0.1) is 0 Å². The first-order valence-corrected chi connectivity index (χ1v) is 7.04. The molecule has 21 heavy (non-hydrogen) atoms. The Morgan fingerprint density at radius 3 is 1.43 bits per heavy atom. The zero-order valence-electron chi connectivity index (χ0n) is 12.4. The SMILES string of the molecule is CCOc1ccccc1OBOc1ccccc1OCC. The number of hydrogen-bond acceptors (Lipinski definition) is 4. The third-order valence-electron chi connectivity index (χ3n) is 2.73. The smallest absolute Gasteiger partial charge is 0.526 e. The van der Waals surface area contributed by atoms with Gasteiger partial charge < -0.3 is 18.8 Å². The molecule has 0 saturated carbocycles. The highest BCUT2D eigenvalue weighted by Gasteiger charge is 2.08. The number of para-hydroxylation sites is 4. The van der Waals surface area contributed by atoms with Gasteiger partial charge in [-0.2, -0.15) is 0 Å². The van der Waals surface area contributed by atoms with Crippen molar-refractivity contribution >= 4 is 7.69 Å². The zero-order chi connectivity index (χ0) is 14.9. The fourth-order valence-corrected chi connectivity index (χ4v) is 1.84. The molecule has 0 bridgehead atoms. The second-order valence-electron chi connectivity index (χ2n) is 4.17. The van der Waals surface area contributed by atoms with E-state index in [1.165, 1.54) is 0 Å². The lowest BCUT2D eigenvalue weighted by Gasteiger charge is -2.13. The van der Waals surface area contributed by atoms with Crippen molar-refractivity contribution in [1.82, 2.24) is 0 Å². The predicted octanol–water partition coefficient (Wildman–Crippen LogP) is 3.21. The average Bonchev–Trinajstić information content (AvgIpc) is 2.51. The molecule has 0 aliphatic heterocycles. The molecule has 0 radical (unpaired) electrons. The minimum Gasteiger partial charge on any atom is -0.526 e. The molecule has 0 aromatic heterocycles. The van der Waals surface area contributed by atoms with Crippen LogP contribution in [0.3, 0.4) is 0 Å². The lowest BCUT2D eigenvalue weighted by molar-refractivity contribution is 0.317. The molecule has 0 unspecified atom stereocenters. The van der Waals surface area contributed by atoms with Crippen LogP contribution in [0.4, 0.5) is 0 Å². The zero-order valence-corrected chi connectivity index (χ0v) is 12.4. The maximum atomic E-state index is 5.62. The largest absolute Gasteiger partial charge is 0.576 e. The van der Waals surface area contributed by atoms with Gasteiger partial charge in [0.15, 0.2) is 11.5 Å². The van der Waals surface area contributed by atoms with E-state index in [4.69, 9.17) is 18.8 Å². The van der Waals surface area contributed by atoms with Gasteiger partial charge in [0, 0.05) is 0 Å². The quantitative estimate of drug-likeness (QED) is 0.698. The number of benzene rings is 2. The van der Waals surface area contributed by atoms with Crippen molar-refractivity contribution in [2.45, 2.75) is 13.8 Å². The van der Waals surface area contributed by atoms with Crippen LogP contribution in [0.5, 0.6) is 23.0 Å². The first-order valence-electron chi connectivity index (χ1n) is 7.04. The van der Waals surface area contributed by atoms with Crippen molar-refractivity contribution in [3.05, 3.63) is 48.5 Å². The van der Waals surface area contributed by atoms with Crippen molar-refractivity contribution in [1.29, 1.82) is 0 Å². The van der Waals surface area contributed by atoms with E-state index in [0.717, 1.165) is 0 Å². The number of ether oxygens (including phenoxy) is 2. The summed E-state index contributed by atoms with van der Waals surface area (Å²) >= 11 is 0. The Morgan fingerprint density at radius 1 is 0.667 bits per heavy atom. The van der Waals surface area contributed by atoms with E-state index in [-0.39, 0.29) is 7.69 Å². The molecule has 5 heteroatoms. The molecule has 0 aliphatic rings. The number of hydrogen-bond donors (Lipinski definition) is 0. The van der Waals surface area contributed by atoms with Crippen LogP contribution in [0.2, 0.25) is 0 Å². The lowest BCUT2D eigenvalue weighted by atomic mass is 10.2. The van der Waals surface area contributed by atoms with Crippen molar-refractivity contribution in [3.8, 4) is 23.0 Å². The first kappa shape index (κ1) is 15.1. The topological polar surface area (TPSA) is 36.9 Å². The second-order valence-corrected chi connectivity index (χ2v) is 4.17. The minimum atomic E-state index is 0.0914. The van der Waals surface area contributed by atoms with E-state index in [1.807, 2.05) is 62.4 Å². The normalized spacial score (nSPS) is 9.81. The molecule has 0 spiro atoms. The van der Waals surface area contributed by atoms with Crippen LogP contribution in [-0.4, -0.2) is 20.9 Å². The molecule has 2 aromatic rings. The molecule has 0 N–H and O–H groups in total. The number of rotatable bonds is 8. The summed E-state index contributed by atoms with van der Waals surface area (Å²) in [5.74, 6) is 2.74. The van der Waals surface area contributed by atoms with E-state index in [1.54, 1.807) is 0 Å². The molecule has 4 nitrogen and oxygen atoms in total. The molecule has 0 amide bonds. The van der Waals surface area contributed by atoms with Gasteiger partial charge in [0.25, 0.3) is 0 Å². The fourth-order valence-electron chi connectivity index (χ4n) is 1.84. The van der Waals surface area contributed by atoms with E-state index in [2.05, 4.69) is 0 Å². The Bertz CT molecular complexity index is 510. The van der Waals surface area contributed by atoms with Crippen LogP contribution >= 0.6 is 0 Å². The van der Waals surface area contributed by atoms with E-state index < -0.39 is 0 Å². The van der Waals surface area contributed by atoms with Gasteiger partial charge >= 0.3 is 7.69 Å². The Hall–Kier alpha value is -2.30. The molecule has 0 atom stereocenters. The van der Waals surface area contributed by atoms with Gasteiger partial charge in [-0.25, -0.2) is 0 Å². The summed E-state index contributed by atoms with van der Waals surface area (Å²) in [5, 5.41) is 0. The molecule has 0 aliphatic carbocycles. The maximum Gasteiger partial charge on any atom is 0.576 e. The molecule has 0 fully saturated rings. The minimum absolute atomic E-state index is 0.0914. The molecular weight excluding hydrogens is 267 g/mol. The van der Waals surface area contributed by atoms with Gasteiger partial charge in [0.2, 0.25) is 0 Å². The summed E-state index contributed by atoms with van der Waals surface area (Å²) in [5.41, 5.74) is 0. The molecule has 0 saturated heterocycles. The van der Waals surface area contributed by atoms with Gasteiger partial charge in [0.05, 0.1) is 13.2 Å². The Labute approximate surface area is 125 Å². The highest BCUT2D eigenvalue weighted by molar-refractivity contribution is 6.21. The summed E-state index contributed by atoms with van der Waals surface area (Å²) in [7, 11) is 0.0914. The summed E-state index contributed by atoms with van der Waals surface area (Å²) in [6.07, 6.45) is 0. The van der Waals surface area contributed by atoms with E-state index in [9.17, 15) is 0 Å². The lowest BCUT2D eigenvalue weighted by Crippen LogP contribution is -2.12. The maximum absolute atomic E-state index is 5.62. The van der Waals surface area contributed by atoms with Gasteiger partial charge in [-0.3, -0.25) is 0 Å². The Kier molecular flexibility index (Phi) is 5.82. The van der Waals surface area contributed by atoms with Crippen molar-refractivity contribution in [2.24, 2.45) is 0 Å². The third-order valence-corrected chi connectivity index (χ3v) is 2.73. The van der Waals surface area contributed by atoms with Crippen molar-refractivity contribution < 1.29 is 18.8 Å². The highest BCUT2D eigenvalue weighted by atomic mass is 16.6. The third kappa shape index (κ3) is 4.34. The van der Waals surface area contributed by atoms with Gasteiger partial charge in [-0.05, 0) is 38.1 Å². The summed E-state index contributed by atoms with van der Waals surface area (Å²) < 4.78 is 22.2. The van der Waals surface area contributed by atoms with Crippen molar-refractivity contribution in [2.75, 3.05) is 13.2 Å². The first-order chi connectivity index (χ1) is 10.3. The molecule has 2 aromatic carbocycles. The van der Waals surface area contributed by atoms with Gasteiger partial charge in [-0.1, -0.05) is 24.3 Å². The Morgan fingerprint density at radius 2 is 1.05 bits per heavy atom. The Balaban J connectivity index is 1.95. The average molecular weight is 286 g/mol. The summed E-state index contributed by atoms with van der Waals surface area (Å²) in [6, 6.07) is 15.0. The second kappa shape index (κ2) is 8.09. The van der Waals surface area contributed by atoms with Crippen LogP contribution < -0.4 is 18.8 Å². The molecule has 110 valence electrons. The molecule has 0 heterocycles.